The van der Waals surface area contributed by atoms with Crippen LogP contribution in [0.1, 0.15) is 61.6 Å². The quantitative estimate of drug-likeness (QED) is 0.293. The van der Waals surface area contributed by atoms with Gasteiger partial charge < -0.3 is 20.1 Å². The molecule has 6 nitrogen and oxygen atoms in total. The molecule has 1 saturated carbocycles. The predicted octanol–water partition coefficient (Wildman–Crippen LogP) is 6.15. The molecular formula is C30H31N5OS. The Morgan fingerprint density at radius 3 is 2.65 bits per heavy atom. The highest BCUT2D eigenvalue weighted by molar-refractivity contribution is 7.80. The maximum absolute atomic E-state index is 13.1. The Bertz CT molecular complexity index is 1410. The van der Waals surface area contributed by atoms with E-state index in [1.165, 1.54) is 31.4 Å². The minimum atomic E-state index is -0.0788. The minimum Gasteiger partial charge on any atom is -0.352 e. The summed E-state index contributed by atoms with van der Waals surface area (Å²) in [5.41, 5.74) is 3.02. The fraction of sp³-hybridized carbons (Fsp3) is 0.300. The molecule has 0 spiro atoms. The predicted molar refractivity (Wildman–Crippen MR) is 151 cm³/mol. The lowest BCUT2D eigenvalue weighted by Crippen LogP contribution is -2.33. The average molecular weight is 510 g/mol. The van der Waals surface area contributed by atoms with Crippen LogP contribution in [0, 0.1) is 0 Å². The molecule has 1 aliphatic heterocycles. The van der Waals surface area contributed by atoms with Crippen LogP contribution in [0.4, 0.5) is 5.69 Å². The number of pyridine rings is 1. The largest absolute Gasteiger partial charge is 0.352 e. The zero-order chi connectivity index (χ0) is 25.2. The van der Waals surface area contributed by atoms with E-state index in [2.05, 4.69) is 55.5 Å². The smallest absolute Gasteiger partial charge is 0.226 e. The van der Waals surface area contributed by atoms with E-state index < -0.39 is 0 Å². The van der Waals surface area contributed by atoms with Crippen LogP contribution < -0.4 is 10.6 Å². The van der Waals surface area contributed by atoms with Gasteiger partial charge in [-0.25, -0.2) is 0 Å². The molecule has 4 aromatic rings. The van der Waals surface area contributed by atoms with E-state index in [0.29, 0.717) is 24.1 Å². The SMILES string of the molecule is O=C(CCN1C(=S)N[C@H](c2ccccn2)[C@@H]1c1cccn1C1CCCC1)Nc1cccc2ccccc12. The highest BCUT2D eigenvalue weighted by Crippen LogP contribution is 2.41. The van der Waals surface area contributed by atoms with E-state index in [9.17, 15) is 4.79 Å². The lowest BCUT2D eigenvalue weighted by molar-refractivity contribution is -0.116. The number of hydrogen-bond acceptors (Lipinski definition) is 3. The molecule has 1 saturated heterocycles. The van der Waals surface area contributed by atoms with Crippen LogP contribution in [0.2, 0.25) is 0 Å². The molecule has 0 unspecified atom stereocenters. The number of aromatic nitrogens is 2. The van der Waals surface area contributed by atoms with Crippen molar-refractivity contribution in [3.8, 4) is 0 Å². The third kappa shape index (κ3) is 4.71. The zero-order valence-electron chi connectivity index (χ0n) is 20.7. The highest BCUT2D eigenvalue weighted by atomic mass is 32.1. The van der Waals surface area contributed by atoms with E-state index in [-0.39, 0.29) is 18.0 Å². The molecule has 2 atom stereocenters. The summed E-state index contributed by atoms with van der Waals surface area (Å²) in [7, 11) is 0. The Hall–Kier alpha value is -3.71. The molecule has 3 heterocycles. The molecule has 7 heteroatoms. The molecule has 1 amide bonds. The van der Waals surface area contributed by atoms with Gasteiger partial charge in [-0.1, -0.05) is 55.3 Å². The number of anilines is 1. The molecule has 188 valence electrons. The topological polar surface area (TPSA) is 62.2 Å². The van der Waals surface area contributed by atoms with Gasteiger partial charge in [0, 0.05) is 48.2 Å². The van der Waals surface area contributed by atoms with Gasteiger partial charge in [-0.2, -0.15) is 0 Å². The summed E-state index contributed by atoms with van der Waals surface area (Å²) in [6, 6.07) is 24.8. The second-order valence-corrected chi connectivity index (χ2v) is 10.3. The minimum absolute atomic E-state index is 0.0228. The lowest BCUT2D eigenvalue weighted by Gasteiger charge is -2.30. The van der Waals surface area contributed by atoms with Crippen LogP contribution in [-0.2, 0) is 4.79 Å². The van der Waals surface area contributed by atoms with E-state index in [4.69, 9.17) is 12.2 Å². The number of carbonyl (C=O) groups excluding carboxylic acids is 1. The van der Waals surface area contributed by atoms with E-state index in [1.807, 2.05) is 54.7 Å². The number of carbonyl (C=O) groups is 1. The van der Waals surface area contributed by atoms with E-state index >= 15 is 0 Å². The first-order valence-electron chi connectivity index (χ1n) is 13.1. The number of benzene rings is 2. The first-order chi connectivity index (χ1) is 18.2. The number of thiocarbonyl (C=S) groups is 1. The second-order valence-electron chi connectivity index (χ2n) is 9.92. The first-order valence-corrected chi connectivity index (χ1v) is 13.5. The van der Waals surface area contributed by atoms with Crippen molar-refractivity contribution in [2.45, 2.75) is 50.2 Å². The molecule has 2 aromatic heterocycles. The zero-order valence-corrected chi connectivity index (χ0v) is 21.5. The number of nitrogens with one attached hydrogen (secondary N) is 2. The Kier molecular flexibility index (Phi) is 6.62. The summed E-state index contributed by atoms with van der Waals surface area (Å²) in [5, 5.41) is 9.46. The van der Waals surface area contributed by atoms with Crippen molar-refractivity contribution in [2.75, 3.05) is 11.9 Å². The Morgan fingerprint density at radius 1 is 1.00 bits per heavy atom. The monoisotopic (exact) mass is 509 g/mol. The van der Waals surface area contributed by atoms with Gasteiger partial charge in [-0.3, -0.25) is 9.78 Å². The Morgan fingerprint density at radius 2 is 1.81 bits per heavy atom. The van der Waals surface area contributed by atoms with Gasteiger partial charge in [-0.05, 0) is 60.8 Å². The second kappa shape index (κ2) is 10.3. The van der Waals surface area contributed by atoms with Crippen molar-refractivity contribution in [3.05, 3.63) is 96.6 Å². The van der Waals surface area contributed by atoms with Crippen molar-refractivity contribution in [1.82, 2.24) is 19.8 Å². The van der Waals surface area contributed by atoms with Gasteiger partial charge >= 0.3 is 0 Å². The van der Waals surface area contributed by atoms with Gasteiger partial charge in [-0.15, -0.1) is 0 Å². The molecule has 2 fully saturated rings. The number of nitrogens with zero attached hydrogens (tertiary/aromatic N) is 3. The molecule has 37 heavy (non-hydrogen) atoms. The van der Waals surface area contributed by atoms with E-state index in [1.54, 1.807) is 0 Å². The van der Waals surface area contributed by atoms with Gasteiger partial charge in [0.1, 0.15) is 0 Å². The molecule has 0 bridgehead atoms. The van der Waals surface area contributed by atoms with Crippen molar-refractivity contribution >= 4 is 39.7 Å². The first kappa shape index (κ1) is 23.7. The van der Waals surface area contributed by atoms with Crippen LogP contribution in [-0.4, -0.2) is 32.0 Å². The molecular weight excluding hydrogens is 478 g/mol. The lowest BCUT2D eigenvalue weighted by atomic mass is 10.0. The van der Waals surface area contributed by atoms with Crippen molar-refractivity contribution < 1.29 is 4.79 Å². The van der Waals surface area contributed by atoms with Gasteiger partial charge in [0.05, 0.1) is 17.8 Å². The maximum atomic E-state index is 13.1. The van der Waals surface area contributed by atoms with Gasteiger partial charge in [0.2, 0.25) is 5.91 Å². The fourth-order valence-electron chi connectivity index (χ4n) is 5.91. The van der Waals surface area contributed by atoms with E-state index in [0.717, 1.165) is 22.2 Å². The number of fused-ring (bicyclic) bond motifs is 1. The number of amides is 1. The maximum Gasteiger partial charge on any atom is 0.226 e. The third-order valence-corrected chi connectivity index (χ3v) is 8.03. The molecule has 1 aliphatic carbocycles. The van der Waals surface area contributed by atoms with Crippen molar-refractivity contribution in [1.29, 1.82) is 0 Å². The van der Waals surface area contributed by atoms with Crippen LogP contribution in [0.3, 0.4) is 0 Å². The molecule has 2 aliphatic rings. The van der Waals surface area contributed by atoms with Gasteiger partial charge in [0.15, 0.2) is 5.11 Å². The molecule has 6 rings (SSSR count). The average Bonchev–Trinajstić information content (AvgIpc) is 3.68. The molecule has 2 aromatic carbocycles. The van der Waals surface area contributed by atoms with Crippen LogP contribution >= 0.6 is 12.2 Å². The Labute approximate surface area is 222 Å². The summed E-state index contributed by atoms with van der Waals surface area (Å²) in [6.07, 6.45) is 9.31. The summed E-state index contributed by atoms with van der Waals surface area (Å²) < 4.78 is 2.44. The van der Waals surface area contributed by atoms with Crippen LogP contribution in [0.15, 0.2) is 85.2 Å². The summed E-state index contributed by atoms with van der Waals surface area (Å²) in [6.45, 7) is 0.520. The summed E-state index contributed by atoms with van der Waals surface area (Å²) in [4.78, 5) is 20.0. The highest BCUT2D eigenvalue weighted by Gasteiger charge is 2.41. The standard InChI is InChI=1S/C30H31N5OS/c36-27(32-24-15-7-10-21-9-1-4-13-23(21)24)17-20-35-29(26-16-8-19-34(26)22-11-2-3-12-22)28(33-30(35)37)25-14-5-6-18-31-25/h1,4-10,13-16,18-19,22,28-29H,2-3,11-12,17,20H2,(H,32,36)(H,33,37)/t28-,29+/m1/s1. The normalized spacial score (nSPS) is 19.9. The van der Waals surface area contributed by atoms with Crippen LogP contribution in [0.25, 0.3) is 10.8 Å². The Balaban J connectivity index is 1.25. The van der Waals surface area contributed by atoms with Crippen LogP contribution in [0.5, 0.6) is 0 Å². The molecule has 2 N–H and O–H groups in total. The third-order valence-electron chi connectivity index (χ3n) is 7.67. The number of rotatable bonds is 7. The van der Waals surface area contributed by atoms with Gasteiger partial charge in [0.25, 0.3) is 0 Å². The van der Waals surface area contributed by atoms with Crippen molar-refractivity contribution in [2.24, 2.45) is 0 Å². The summed E-state index contributed by atoms with van der Waals surface area (Å²) in [5.74, 6) is -0.0228. The molecule has 0 radical (unpaired) electrons. The van der Waals surface area contributed by atoms with Crippen molar-refractivity contribution in [3.63, 3.8) is 0 Å². The number of hydrogen-bond donors (Lipinski definition) is 2. The summed E-state index contributed by atoms with van der Waals surface area (Å²) >= 11 is 5.84. The fourth-order valence-corrected chi connectivity index (χ4v) is 6.24.